The molecule has 0 atom stereocenters. The van der Waals surface area contributed by atoms with E-state index in [2.05, 4.69) is 6.92 Å². The van der Waals surface area contributed by atoms with Crippen LogP contribution in [-0.2, 0) is 0 Å². The molecule has 0 spiro atoms. The Hall–Kier alpha value is -1.56. The van der Waals surface area contributed by atoms with Crippen molar-refractivity contribution < 1.29 is 9.13 Å². The monoisotopic (exact) mass is 303 g/mol. The van der Waals surface area contributed by atoms with Gasteiger partial charge in [-0.3, -0.25) is 0 Å². The minimum atomic E-state index is -0.438. The summed E-state index contributed by atoms with van der Waals surface area (Å²) < 4.78 is 19.4. The van der Waals surface area contributed by atoms with E-state index in [-0.39, 0.29) is 5.75 Å². The molecule has 1 aliphatic carbocycles. The zero-order valence-electron chi connectivity index (χ0n) is 13.5. The fraction of sp³-hybridized carbons (Fsp3) is 0.632. The van der Waals surface area contributed by atoms with E-state index in [0.717, 1.165) is 5.92 Å². The normalized spacial score (nSPS) is 21.3. The molecule has 0 N–H and O–H groups in total. The van der Waals surface area contributed by atoms with Crippen molar-refractivity contribution in [2.24, 2.45) is 11.8 Å². The number of hydrogen-bond acceptors (Lipinski definition) is 2. The number of ether oxygens (including phenoxy) is 1. The molecule has 2 nitrogen and oxygen atoms in total. The zero-order valence-corrected chi connectivity index (χ0v) is 13.5. The molecule has 1 aromatic carbocycles. The Morgan fingerprint density at radius 1 is 1.18 bits per heavy atom. The summed E-state index contributed by atoms with van der Waals surface area (Å²) in [6.45, 7) is 2.83. The van der Waals surface area contributed by atoms with Crippen molar-refractivity contribution in [1.82, 2.24) is 0 Å². The van der Waals surface area contributed by atoms with E-state index in [1.807, 2.05) is 6.07 Å². The quantitative estimate of drug-likeness (QED) is 0.626. The second-order valence-electron chi connectivity index (χ2n) is 6.45. The van der Waals surface area contributed by atoms with E-state index in [4.69, 9.17) is 10.00 Å². The molecule has 120 valence electrons. The molecule has 0 amide bonds. The first-order chi connectivity index (χ1) is 10.7. The highest BCUT2D eigenvalue weighted by atomic mass is 19.1. The van der Waals surface area contributed by atoms with Gasteiger partial charge in [-0.15, -0.1) is 0 Å². The third-order valence-corrected chi connectivity index (χ3v) is 4.72. The van der Waals surface area contributed by atoms with Gasteiger partial charge in [-0.25, -0.2) is 4.39 Å². The Bertz CT molecular complexity index is 501. The first-order valence-electron chi connectivity index (χ1n) is 8.55. The van der Waals surface area contributed by atoms with E-state index >= 15 is 0 Å². The van der Waals surface area contributed by atoms with Gasteiger partial charge in [-0.05, 0) is 42.9 Å². The van der Waals surface area contributed by atoms with Crippen molar-refractivity contribution in [1.29, 1.82) is 5.26 Å². The van der Waals surface area contributed by atoms with Crippen LogP contribution in [-0.4, -0.2) is 6.61 Å². The van der Waals surface area contributed by atoms with Crippen LogP contribution in [0.2, 0.25) is 0 Å². The van der Waals surface area contributed by atoms with Gasteiger partial charge in [0.1, 0.15) is 0 Å². The summed E-state index contributed by atoms with van der Waals surface area (Å²) in [7, 11) is 0. The van der Waals surface area contributed by atoms with Crippen LogP contribution in [0.4, 0.5) is 4.39 Å². The van der Waals surface area contributed by atoms with Crippen molar-refractivity contribution in [3.8, 4) is 11.8 Å². The summed E-state index contributed by atoms with van der Waals surface area (Å²) in [5.41, 5.74) is 0.331. The van der Waals surface area contributed by atoms with Crippen LogP contribution in [0, 0.1) is 29.0 Å². The molecule has 1 saturated carbocycles. The number of unbranched alkanes of at least 4 members (excludes halogenated alkanes) is 2. The van der Waals surface area contributed by atoms with Gasteiger partial charge in [-0.1, -0.05) is 45.4 Å². The zero-order chi connectivity index (χ0) is 15.8. The molecule has 0 aromatic heterocycles. The molecule has 0 bridgehead atoms. The Kier molecular flexibility index (Phi) is 6.71. The number of benzene rings is 1. The van der Waals surface area contributed by atoms with Crippen LogP contribution < -0.4 is 4.74 Å². The lowest BCUT2D eigenvalue weighted by Gasteiger charge is -2.28. The van der Waals surface area contributed by atoms with Crippen LogP contribution in [0.5, 0.6) is 5.75 Å². The molecule has 0 heterocycles. The number of nitriles is 1. The van der Waals surface area contributed by atoms with Crippen molar-refractivity contribution in [2.75, 3.05) is 6.61 Å². The second-order valence-corrected chi connectivity index (χ2v) is 6.45. The van der Waals surface area contributed by atoms with Crippen molar-refractivity contribution in [2.45, 2.75) is 58.3 Å². The van der Waals surface area contributed by atoms with Crippen LogP contribution in [0.15, 0.2) is 18.2 Å². The first-order valence-corrected chi connectivity index (χ1v) is 8.55. The lowest BCUT2D eigenvalue weighted by molar-refractivity contribution is 0.173. The Balaban J connectivity index is 1.72. The van der Waals surface area contributed by atoms with Crippen LogP contribution in [0.1, 0.15) is 63.9 Å². The van der Waals surface area contributed by atoms with E-state index in [1.165, 1.54) is 57.4 Å². The first kappa shape index (κ1) is 16.8. The molecule has 0 aliphatic heterocycles. The predicted molar refractivity (Wildman–Crippen MR) is 86.2 cm³/mol. The highest BCUT2D eigenvalue weighted by Crippen LogP contribution is 2.32. The fourth-order valence-corrected chi connectivity index (χ4v) is 3.26. The lowest BCUT2D eigenvalue weighted by atomic mass is 9.80. The fourth-order valence-electron chi connectivity index (χ4n) is 3.26. The van der Waals surface area contributed by atoms with Gasteiger partial charge in [-0.2, -0.15) is 5.26 Å². The smallest absolute Gasteiger partial charge is 0.166 e. The molecule has 0 unspecified atom stereocenters. The third kappa shape index (κ3) is 5.02. The van der Waals surface area contributed by atoms with Gasteiger partial charge in [0, 0.05) is 0 Å². The highest BCUT2D eigenvalue weighted by molar-refractivity contribution is 5.35. The molecule has 3 heteroatoms. The van der Waals surface area contributed by atoms with Gasteiger partial charge in [0.15, 0.2) is 11.6 Å². The van der Waals surface area contributed by atoms with E-state index in [1.54, 1.807) is 12.1 Å². The van der Waals surface area contributed by atoms with E-state index in [0.29, 0.717) is 18.1 Å². The summed E-state index contributed by atoms with van der Waals surface area (Å²) in [5, 5.41) is 8.73. The lowest BCUT2D eigenvalue weighted by Crippen LogP contribution is -2.20. The average molecular weight is 303 g/mol. The van der Waals surface area contributed by atoms with Crippen molar-refractivity contribution in [3.05, 3.63) is 29.6 Å². The molecule has 0 saturated heterocycles. The molecule has 1 fully saturated rings. The predicted octanol–water partition coefficient (Wildman–Crippen LogP) is 5.46. The summed E-state index contributed by atoms with van der Waals surface area (Å²) in [6, 6.07) is 6.33. The summed E-state index contributed by atoms with van der Waals surface area (Å²) >= 11 is 0. The van der Waals surface area contributed by atoms with Gasteiger partial charge < -0.3 is 4.74 Å². The number of rotatable bonds is 7. The SMILES string of the molecule is CCCCCC1CCC(COc2ccc(C#N)cc2F)CC1. The molecular formula is C19H26FNO. The summed E-state index contributed by atoms with van der Waals surface area (Å²) in [4.78, 5) is 0. The molecule has 2 rings (SSSR count). The Labute approximate surface area is 133 Å². The standard InChI is InChI=1S/C19H26FNO/c1-2-3-4-5-15-6-8-16(9-7-15)14-22-19-11-10-17(13-21)12-18(19)20/h10-12,15-16H,2-9,14H2,1H3. The summed E-state index contributed by atoms with van der Waals surface area (Å²) in [6.07, 6.45) is 10.3. The van der Waals surface area contributed by atoms with Gasteiger partial charge in [0.05, 0.1) is 18.2 Å². The largest absolute Gasteiger partial charge is 0.490 e. The van der Waals surface area contributed by atoms with Gasteiger partial charge in [0.2, 0.25) is 0 Å². The highest BCUT2D eigenvalue weighted by Gasteiger charge is 2.21. The Morgan fingerprint density at radius 2 is 1.91 bits per heavy atom. The molecule has 1 aromatic rings. The van der Waals surface area contributed by atoms with E-state index in [9.17, 15) is 4.39 Å². The molecule has 1 aliphatic rings. The van der Waals surface area contributed by atoms with Crippen LogP contribution in [0.25, 0.3) is 0 Å². The molecular weight excluding hydrogens is 277 g/mol. The van der Waals surface area contributed by atoms with Crippen molar-refractivity contribution in [3.63, 3.8) is 0 Å². The maximum absolute atomic E-state index is 13.8. The third-order valence-electron chi connectivity index (χ3n) is 4.72. The topological polar surface area (TPSA) is 33.0 Å². The summed E-state index contributed by atoms with van der Waals surface area (Å²) in [5.74, 6) is 1.25. The second kappa shape index (κ2) is 8.78. The van der Waals surface area contributed by atoms with Gasteiger partial charge in [0.25, 0.3) is 0 Å². The number of halogens is 1. The maximum atomic E-state index is 13.8. The maximum Gasteiger partial charge on any atom is 0.166 e. The van der Waals surface area contributed by atoms with Crippen molar-refractivity contribution >= 4 is 0 Å². The minimum Gasteiger partial charge on any atom is -0.490 e. The van der Waals surface area contributed by atoms with Crippen LogP contribution >= 0.6 is 0 Å². The minimum absolute atomic E-state index is 0.268. The average Bonchev–Trinajstić information content (AvgIpc) is 2.55. The molecule has 22 heavy (non-hydrogen) atoms. The van der Waals surface area contributed by atoms with E-state index < -0.39 is 5.82 Å². The Morgan fingerprint density at radius 3 is 2.55 bits per heavy atom. The van der Waals surface area contributed by atoms with Gasteiger partial charge >= 0.3 is 0 Å². The molecule has 0 radical (unpaired) electrons. The number of hydrogen-bond donors (Lipinski definition) is 0. The van der Waals surface area contributed by atoms with Crippen LogP contribution in [0.3, 0.4) is 0 Å². The number of nitrogens with zero attached hydrogens (tertiary/aromatic N) is 1.